The van der Waals surface area contributed by atoms with Crippen LogP contribution in [0.3, 0.4) is 0 Å². The van der Waals surface area contributed by atoms with Crippen molar-refractivity contribution >= 4 is 28.1 Å². The molecule has 1 heterocycles. The minimum atomic E-state index is 0.584. The molecule has 0 spiro atoms. The predicted molar refractivity (Wildman–Crippen MR) is 82.3 cm³/mol. The summed E-state index contributed by atoms with van der Waals surface area (Å²) in [5, 5.41) is 1.40. The first-order valence-corrected chi connectivity index (χ1v) is 7.80. The Morgan fingerprint density at radius 3 is 2.78 bits per heavy atom. The number of nitrogens with zero attached hydrogens (tertiary/aromatic N) is 1. The Labute approximate surface area is 117 Å². The van der Waals surface area contributed by atoms with E-state index in [1.165, 1.54) is 5.56 Å². The van der Waals surface area contributed by atoms with Crippen LogP contribution < -0.4 is 5.73 Å². The molecule has 4 heteroatoms. The van der Waals surface area contributed by atoms with Crippen molar-refractivity contribution in [2.45, 2.75) is 36.8 Å². The van der Waals surface area contributed by atoms with Crippen molar-refractivity contribution in [1.82, 2.24) is 4.98 Å². The van der Waals surface area contributed by atoms with Crippen molar-refractivity contribution in [2.75, 3.05) is 5.73 Å². The summed E-state index contributed by atoms with van der Waals surface area (Å²) in [7, 11) is 0. The number of nitrogen functional groups attached to an aromatic ring is 1. The Morgan fingerprint density at radius 1 is 1.39 bits per heavy atom. The number of anilines is 1. The van der Waals surface area contributed by atoms with Crippen LogP contribution in [0.25, 0.3) is 11.3 Å². The van der Waals surface area contributed by atoms with Gasteiger partial charge in [-0.05, 0) is 18.9 Å². The van der Waals surface area contributed by atoms with Gasteiger partial charge in [0.1, 0.15) is 10.7 Å². The van der Waals surface area contributed by atoms with E-state index in [2.05, 4.69) is 37.9 Å². The molecule has 0 saturated heterocycles. The first-order chi connectivity index (χ1) is 8.61. The Balaban J connectivity index is 2.33. The van der Waals surface area contributed by atoms with Gasteiger partial charge in [-0.25, -0.2) is 4.98 Å². The minimum absolute atomic E-state index is 0.584. The van der Waals surface area contributed by atoms with Crippen LogP contribution in [0.2, 0.25) is 0 Å². The average Bonchev–Trinajstić information content (AvgIpc) is 2.70. The largest absolute Gasteiger partial charge is 0.389 e. The van der Waals surface area contributed by atoms with Crippen LogP contribution in [-0.2, 0) is 0 Å². The molecule has 1 unspecified atom stereocenters. The summed E-state index contributed by atoms with van der Waals surface area (Å²) in [4.78, 5) is 4.69. The summed E-state index contributed by atoms with van der Waals surface area (Å²) in [5.41, 5.74) is 9.39. The zero-order valence-corrected chi connectivity index (χ0v) is 12.6. The van der Waals surface area contributed by atoms with E-state index in [1.54, 1.807) is 23.1 Å². The van der Waals surface area contributed by atoms with Crippen LogP contribution in [0, 0.1) is 6.92 Å². The van der Waals surface area contributed by atoms with Gasteiger partial charge in [0, 0.05) is 10.8 Å². The van der Waals surface area contributed by atoms with Gasteiger partial charge in [-0.1, -0.05) is 61.2 Å². The van der Waals surface area contributed by atoms with Crippen molar-refractivity contribution in [3.05, 3.63) is 29.8 Å². The Kier molecular flexibility index (Phi) is 4.30. The zero-order valence-electron chi connectivity index (χ0n) is 10.9. The molecule has 96 valence electrons. The molecule has 0 fully saturated rings. The van der Waals surface area contributed by atoms with E-state index in [0.717, 1.165) is 27.0 Å². The van der Waals surface area contributed by atoms with Crippen LogP contribution in [-0.4, -0.2) is 10.2 Å². The van der Waals surface area contributed by atoms with Gasteiger partial charge in [0.25, 0.3) is 0 Å². The lowest BCUT2D eigenvalue weighted by Gasteiger charge is -2.04. The van der Waals surface area contributed by atoms with Crippen LogP contribution in [0.5, 0.6) is 0 Å². The molecule has 0 saturated carbocycles. The normalized spacial score (nSPS) is 12.6. The molecule has 2 aromatic rings. The molecule has 1 aromatic heterocycles. The molecule has 0 amide bonds. The van der Waals surface area contributed by atoms with E-state index in [-0.39, 0.29) is 0 Å². The van der Waals surface area contributed by atoms with Crippen molar-refractivity contribution in [3.63, 3.8) is 0 Å². The van der Waals surface area contributed by atoms with E-state index in [0.29, 0.717) is 5.25 Å². The molecule has 2 N–H and O–H groups in total. The lowest BCUT2D eigenvalue weighted by Crippen LogP contribution is -1.91. The fraction of sp³-hybridized carbons (Fsp3) is 0.357. The van der Waals surface area contributed by atoms with E-state index >= 15 is 0 Å². The summed E-state index contributed by atoms with van der Waals surface area (Å²) in [6.07, 6.45) is 1.14. The van der Waals surface area contributed by atoms with Crippen molar-refractivity contribution in [2.24, 2.45) is 0 Å². The van der Waals surface area contributed by atoms with Crippen LogP contribution in [0.15, 0.2) is 28.6 Å². The van der Waals surface area contributed by atoms with Gasteiger partial charge in [0.15, 0.2) is 4.34 Å². The molecule has 18 heavy (non-hydrogen) atoms. The highest BCUT2D eigenvalue weighted by Crippen LogP contribution is 2.38. The van der Waals surface area contributed by atoms with Crippen LogP contribution in [0.1, 0.15) is 25.8 Å². The summed E-state index contributed by atoms with van der Waals surface area (Å²) in [6.45, 7) is 6.50. The number of thioether (sulfide) groups is 1. The average molecular weight is 278 g/mol. The molecule has 0 aliphatic heterocycles. The maximum Gasteiger partial charge on any atom is 0.152 e. The van der Waals surface area contributed by atoms with Crippen molar-refractivity contribution in [3.8, 4) is 11.3 Å². The summed E-state index contributed by atoms with van der Waals surface area (Å²) >= 11 is 3.40. The number of thiazole rings is 1. The highest BCUT2D eigenvalue weighted by molar-refractivity contribution is 8.01. The van der Waals surface area contributed by atoms with Gasteiger partial charge < -0.3 is 5.73 Å². The van der Waals surface area contributed by atoms with Gasteiger partial charge >= 0.3 is 0 Å². The standard InChI is InChI=1S/C14H18N2S2/c1-4-10(3)17-14-16-12(13(15)18-14)11-8-6-5-7-9(11)2/h5-8,10H,4,15H2,1-3H3. The second-order valence-electron chi connectivity index (χ2n) is 4.34. The molecular weight excluding hydrogens is 260 g/mol. The minimum Gasteiger partial charge on any atom is -0.389 e. The smallest absolute Gasteiger partial charge is 0.152 e. The first kappa shape index (κ1) is 13.4. The summed E-state index contributed by atoms with van der Waals surface area (Å²) in [6, 6.07) is 8.24. The monoisotopic (exact) mass is 278 g/mol. The molecule has 2 nitrogen and oxygen atoms in total. The fourth-order valence-corrected chi connectivity index (χ4v) is 3.84. The van der Waals surface area contributed by atoms with E-state index < -0.39 is 0 Å². The van der Waals surface area contributed by atoms with Crippen molar-refractivity contribution < 1.29 is 0 Å². The lowest BCUT2D eigenvalue weighted by molar-refractivity contribution is 0.904. The van der Waals surface area contributed by atoms with Gasteiger partial charge in [-0.2, -0.15) is 0 Å². The molecule has 0 aliphatic carbocycles. The Morgan fingerprint density at radius 2 is 2.11 bits per heavy atom. The van der Waals surface area contributed by atoms with Crippen molar-refractivity contribution in [1.29, 1.82) is 0 Å². The third kappa shape index (κ3) is 2.87. The quantitative estimate of drug-likeness (QED) is 0.831. The SMILES string of the molecule is CCC(C)Sc1nc(-c2ccccc2C)c(N)s1. The highest BCUT2D eigenvalue weighted by Gasteiger charge is 2.14. The van der Waals surface area contributed by atoms with Gasteiger partial charge in [0.05, 0.1) is 0 Å². The first-order valence-electron chi connectivity index (χ1n) is 6.10. The maximum atomic E-state index is 6.10. The number of benzene rings is 1. The fourth-order valence-electron chi connectivity index (χ4n) is 1.65. The third-order valence-electron chi connectivity index (χ3n) is 2.91. The lowest BCUT2D eigenvalue weighted by atomic mass is 10.1. The summed E-state index contributed by atoms with van der Waals surface area (Å²) in [5.74, 6) is 0. The topological polar surface area (TPSA) is 38.9 Å². The molecule has 1 aromatic carbocycles. The summed E-state index contributed by atoms with van der Waals surface area (Å²) < 4.78 is 1.07. The predicted octanol–water partition coefficient (Wildman–Crippen LogP) is 4.59. The second-order valence-corrected chi connectivity index (χ2v) is 7.06. The van der Waals surface area contributed by atoms with Gasteiger partial charge in [-0.15, -0.1) is 0 Å². The van der Waals surface area contributed by atoms with E-state index in [4.69, 9.17) is 5.73 Å². The highest BCUT2D eigenvalue weighted by atomic mass is 32.2. The van der Waals surface area contributed by atoms with E-state index in [1.807, 2.05) is 12.1 Å². The molecule has 0 aliphatic rings. The number of nitrogens with two attached hydrogens (primary N) is 1. The number of hydrogen-bond acceptors (Lipinski definition) is 4. The Hall–Kier alpha value is -1.00. The van der Waals surface area contributed by atoms with E-state index in [9.17, 15) is 0 Å². The molecule has 2 rings (SSSR count). The second kappa shape index (κ2) is 5.76. The zero-order chi connectivity index (χ0) is 13.1. The molecule has 0 radical (unpaired) electrons. The molecular formula is C14H18N2S2. The number of aryl methyl sites for hydroxylation is 1. The molecule has 1 atom stereocenters. The van der Waals surface area contributed by atoms with Gasteiger partial charge in [0.2, 0.25) is 0 Å². The number of hydrogen-bond donors (Lipinski definition) is 1. The van der Waals surface area contributed by atoms with Crippen LogP contribution in [0.4, 0.5) is 5.00 Å². The maximum absolute atomic E-state index is 6.10. The Bertz CT molecular complexity index is 534. The number of aromatic nitrogens is 1. The van der Waals surface area contributed by atoms with Crippen LogP contribution >= 0.6 is 23.1 Å². The molecule has 0 bridgehead atoms. The number of rotatable bonds is 4. The van der Waals surface area contributed by atoms with Gasteiger partial charge in [-0.3, -0.25) is 0 Å². The third-order valence-corrected chi connectivity index (χ3v) is 5.16.